The number of thiophene rings is 1. The fourth-order valence-corrected chi connectivity index (χ4v) is 6.94. The van der Waals surface area contributed by atoms with E-state index in [2.05, 4.69) is 21.7 Å². The number of carbonyl (C=O) groups is 1. The molecule has 41 heavy (non-hydrogen) atoms. The van der Waals surface area contributed by atoms with E-state index < -0.39 is 15.2 Å². The van der Waals surface area contributed by atoms with Crippen LogP contribution in [0.3, 0.4) is 0 Å². The zero-order valence-corrected chi connectivity index (χ0v) is 23.8. The van der Waals surface area contributed by atoms with Crippen LogP contribution in [0.15, 0.2) is 96.3 Å². The fraction of sp³-hybridized carbons (Fsp3) is 0.167. The molecule has 0 radical (unpaired) electrons. The van der Waals surface area contributed by atoms with Gasteiger partial charge in [-0.2, -0.15) is 5.26 Å². The first-order valence-electron chi connectivity index (χ1n) is 12.7. The van der Waals surface area contributed by atoms with Crippen LogP contribution in [0.4, 0.5) is 5.69 Å². The van der Waals surface area contributed by atoms with E-state index >= 15 is 0 Å². The molecule has 208 valence electrons. The van der Waals surface area contributed by atoms with Gasteiger partial charge in [0.1, 0.15) is 0 Å². The Labute approximate surface area is 242 Å². The molecule has 11 heteroatoms. The molecule has 0 spiro atoms. The third kappa shape index (κ3) is 6.30. The molecule has 0 saturated heterocycles. The van der Waals surface area contributed by atoms with Gasteiger partial charge in [-0.1, -0.05) is 30.3 Å². The van der Waals surface area contributed by atoms with E-state index in [0.29, 0.717) is 41.5 Å². The number of benzene rings is 3. The molecule has 2 aromatic heterocycles. The van der Waals surface area contributed by atoms with Crippen LogP contribution in [0.2, 0.25) is 0 Å². The van der Waals surface area contributed by atoms with Gasteiger partial charge in [-0.25, -0.2) is 13.4 Å². The number of aromatic nitrogens is 2. The third-order valence-corrected chi connectivity index (χ3v) is 9.48. The summed E-state index contributed by atoms with van der Waals surface area (Å²) in [5, 5.41) is 14.8. The molecule has 1 unspecified atom stereocenters. The van der Waals surface area contributed by atoms with E-state index in [4.69, 9.17) is 10.00 Å². The summed E-state index contributed by atoms with van der Waals surface area (Å²) >= 11 is 1.36. The molecule has 5 aromatic rings. The molecule has 0 bridgehead atoms. The van der Waals surface area contributed by atoms with Crippen LogP contribution in [0.5, 0.6) is 0 Å². The largest absolute Gasteiger partial charge is 0.383 e. The molecule has 2 heterocycles. The van der Waals surface area contributed by atoms with Crippen molar-refractivity contribution in [2.45, 2.75) is 16.8 Å². The molecule has 1 atom stereocenters. The van der Waals surface area contributed by atoms with E-state index in [1.807, 2.05) is 24.3 Å². The molecular formula is C30H27N5O4S2. The minimum Gasteiger partial charge on any atom is -0.383 e. The predicted molar refractivity (Wildman–Crippen MR) is 159 cm³/mol. The summed E-state index contributed by atoms with van der Waals surface area (Å²) in [7, 11) is -2.34. The highest BCUT2D eigenvalue weighted by Crippen LogP contribution is 2.33. The number of rotatable bonds is 11. The number of sulfone groups is 1. The van der Waals surface area contributed by atoms with Gasteiger partial charge in [0.2, 0.25) is 9.84 Å². The lowest BCUT2D eigenvalue weighted by molar-refractivity contribution is 0.0941. The number of imidazole rings is 1. The second kappa shape index (κ2) is 12.3. The summed E-state index contributed by atoms with van der Waals surface area (Å²) in [5.74, 6) is -0.186. The smallest absolute Gasteiger partial charge is 0.261 e. The number of carbonyl (C=O) groups excluding carboxylic acids is 1. The van der Waals surface area contributed by atoms with Crippen LogP contribution in [0, 0.1) is 11.3 Å². The highest BCUT2D eigenvalue weighted by molar-refractivity contribution is 7.91. The number of nitrogens with one attached hydrogen (secondary N) is 2. The first kappa shape index (κ1) is 28.0. The number of nitriles is 1. The fourth-order valence-electron chi connectivity index (χ4n) is 4.37. The zero-order valence-electron chi connectivity index (χ0n) is 22.2. The van der Waals surface area contributed by atoms with Crippen LogP contribution in [-0.2, 0) is 21.1 Å². The molecule has 0 aliphatic carbocycles. The highest BCUT2D eigenvalue weighted by atomic mass is 32.2. The molecule has 0 aliphatic rings. The minimum atomic E-state index is -3.91. The third-order valence-electron chi connectivity index (χ3n) is 6.46. The Bertz CT molecular complexity index is 1810. The average Bonchev–Trinajstić information content (AvgIpc) is 3.63. The average molecular weight is 586 g/mol. The Morgan fingerprint density at radius 1 is 1.10 bits per heavy atom. The van der Waals surface area contributed by atoms with Crippen LogP contribution in [0.1, 0.15) is 31.9 Å². The van der Waals surface area contributed by atoms with Gasteiger partial charge in [0.25, 0.3) is 5.91 Å². The van der Waals surface area contributed by atoms with Gasteiger partial charge < -0.3 is 19.9 Å². The molecule has 9 nitrogen and oxygen atoms in total. The molecule has 3 aromatic carbocycles. The van der Waals surface area contributed by atoms with E-state index in [1.54, 1.807) is 78.8 Å². The second-order valence-electron chi connectivity index (χ2n) is 9.25. The van der Waals surface area contributed by atoms with Crippen LogP contribution < -0.4 is 10.6 Å². The zero-order chi connectivity index (χ0) is 28.8. The molecule has 0 saturated carbocycles. The van der Waals surface area contributed by atoms with Gasteiger partial charge in [0, 0.05) is 30.6 Å². The molecule has 1 amide bonds. The lowest BCUT2D eigenvalue weighted by Crippen LogP contribution is -2.26. The van der Waals surface area contributed by atoms with Crippen molar-refractivity contribution < 1.29 is 17.9 Å². The van der Waals surface area contributed by atoms with Crippen molar-refractivity contribution >= 4 is 42.9 Å². The lowest BCUT2D eigenvalue weighted by Gasteiger charge is -2.22. The summed E-state index contributed by atoms with van der Waals surface area (Å²) in [4.78, 5) is 17.6. The quantitative estimate of drug-likeness (QED) is 0.209. The summed E-state index contributed by atoms with van der Waals surface area (Å²) in [6, 6.07) is 24.8. The van der Waals surface area contributed by atoms with Crippen molar-refractivity contribution in [3.63, 3.8) is 0 Å². The number of fused-ring (bicyclic) bond motifs is 1. The number of anilines is 1. The van der Waals surface area contributed by atoms with Crippen molar-refractivity contribution in [1.29, 1.82) is 5.26 Å². The van der Waals surface area contributed by atoms with Gasteiger partial charge in [-0.3, -0.25) is 4.79 Å². The van der Waals surface area contributed by atoms with Gasteiger partial charge in [-0.05, 0) is 59.5 Å². The van der Waals surface area contributed by atoms with Crippen LogP contribution >= 0.6 is 11.3 Å². The topological polar surface area (TPSA) is 126 Å². The van der Waals surface area contributed by atoms with Crippen LogP contribution in [0.25, 0.3) is 10.1 Å². The Morgan fingerprint density at radius 2 is 1.88 bits per heavy atom. The summed E-state index contributed by atoms with van der Waals surface area (Å²) in [6.07, 6.45) is 3.15. The minimum absolute atomic E-state index is 0.176. The molecule has 0 aliphatic heterocycles. The molecule has 2 N–H and O–H groups in total. The summed E-state index contributed by atoms with van der Waals surface area (Å²) in [6.45, 7) is 1.20. The number of hydrogen-bond acceptors (Lipinski definition) is 8. The Hall–Kier alpha value is -4.50. The second-order valence-corrected chi connectivity index (χ2v) is 12.4. The van der Waals surface area contributed by atoms with E-state index in [9.17, 15) is 13.2 Å². The van der Waals surface area contributed by atoms with Gasteiger partial charge >= 0.3 is 0 Å². The maximum atomic E-state index is 14.0. The first-order chi connectivity index (χ1) is 19.9. The van der Waals surface area contributed by atoms with Crippen molar-refractivity contribution in [2.75, 3.05) is 25.6 Å². The number of methoxy groups -OCH3 is 1. The first-order valence-corrected chi connectivity index (χ1v) is 15.1. The van der Waals surface area contributed by atoms with Crippen molar-refractivity contribution in [1.82, 2.24) is 14.9 Å². The van der Waals surface area contributed by atoms with E-state index in [-0.39, 0.29) is 10.8 Å². The van der Waals surface area contributed by atoms with Crippen LogP contribution in [-0.4, -0.2) is 44.1 Å². The van der Waals surface area contributed by atoms with Crippen molar-refractivity contribution in [3.8, 4) is 6.07 Å². The number of nitrogens with zero attached hydrogens (tertiary/aromatic N) is 3. The summed E-state index contributed by atoms with van der Waals surface area (Å²) in [5.41, 5.74) is 2.49. The molecule has 5 rings (SSSR count). The maximum Gasteiger partial charge on any atom is 0.261 e. The summed E-state index contributed by atoms with van der Waals surface area (Å²) < 4.78 is 35.7. The molecular weight excluding hydrogens is 558 g/mol. The Balaban J connectivity index is 1.49. The lowest BCUT2D eigenvalue weighted by atomic mass is 10.1. The number of ether oxygens (including phenoxy) is 1. The van der Waals surface area contributed by atoms with Gasteiger partial charge in [-0.15, -0.1) is 11.3 Å². The van der Waals surface area contributed by atoms with Crippen molar-refractivity contribution in [2.24, 2.45) is 0 Å². The van der Waals surface area contributed by atoms with E-state index in [0.717, 1.165) is 15.6 Å². The number of hydrogen-bond donors (Lipinski definition) is 2. The highest BCUT2D eigenvalue weighted by Gasteiger charge is 2.32. The monoisotopic (exact) mass is 585 g/mol. The van der Waals surface area contributed by atoms with Gasteiger partial charge in [0.15, 0.2) is 5.37 Å². The maximum absolute atomic E-state index is 14.0. The van der Waals surface area contributed by atoms with E-state index in [1.165, 1.54) is 11.3 Å². The SMILES string of the molecule is COCCNC(=O)c1cc2cc(NC(c3cncn3Cc3ccc(C#N)cc3)S(=O)(=O)c3ccccc3)ccc2s1. The molecule has 0 fully saturated rings. The standard InChI is InChI=1S/C30H27N5O4S2/c1-39-14-13-33-29(36)28-16-23-15-24(11-12-27(23)40-28)34-30(41(37,38)25-5-3-2-4-6-25)26-18-32-20-35(26)19-22-9-7-21(17-31)8-10-22/h2-12,15-16,18,20,30,34H,13-14,19H2,1H3,(H,33,36). The predicted octanol–water partition coefficient (Wildman–Crippen LogP) is 4.98. The van der Waals surface area contributed by atoms with Gasteiger partial charge in [0.05, 0.1) is 46.2 Å². The normalized spacial score (nSPS) is 12.1. The Morgan fingerprint density at radius 3 is 2.61 bits per heavy atom. The van der Waals surface area contributed by atoms with Crippen molar-refractivity contribution in [3.05, 3.63) is 113 Å². The Kier molecular flexibility index (Phi) is 8.45. The number of amides is 1.